The smallest absolute Gasteiger partial charge is 0.411 e. The fourth-order valence-electron chi connectivity index (χ4n) is 2.75. The summed E-state index contributed by atoms with van der Waals surface area (Å²) in [5.41, 5.74) is 0.538. The van der Waals surface area contributed by atoms with Crippen LogP contribution in [0.1, 0.15) is 51.9 Å². The minimum absolute atomic E-state index is 0.0185. The molecule has 0 heterocycles. The van der Waals surface area contributed by atoms with E-state index in [1.54, 1.807) is 19.1 Å². The lowest BCUT2D eigenvalue weighted by Crippen LogP contribution is -2.23. The molecular formula is C17H25NO4S. The number of carbonyl (C=O) groups is 1. The quantitative estimate of drug-likeness (QED) is 0.894. The third kappa shape index (κ3) is 5.53. The molecule has 0 radical (unpaired) electrons. The van der Waals surface area contributed by atoms with Gasteiger partial charge in [0.2, 0.25) is 0 Å². The van der Waals surface area contributed by atoms with E-state index < -0.39 is 15.9 Å². The third-order valence-electron chi connectivity index (χ3n) is 4.17. The Bertz CT molecular complexity index is 602. The van der Waals surface area contributed by atoms with Gasteiger partial charge in [0, 0.05) is 5.69 Å². The molecule has 0 aliphatic heterocycles. The predicted octanol–water partition coefficient (Wildman–Crippen LogP) is 4.14. The minimum atomic E-state index is -3.22. The number of nitrogens with one attached hydrogen (secondary N) is 1. The number of hydrogen-bond donors (Lipinski definition) is 1. The summed E-state index contributed by atoms with van der Waals surface area (Å²) in [6, 6.07) is 6.18. The molecule has 5 nitrogen and oxygen atoms in total. The Hall–Kier alpha value is -1.56. The molecule has 1 saturated carbocycles. The number of carbonyl (C=O) groups excluding carboxylic acids is 1. The van der Waals surface area contributed by atoms with E-state index in [0.29, 0.717) is 5.69 Å². The van der Waals surface area contributed by atoms with Crippen molar-refractivity contribution in [1.29, 1.82) is 0 Å². The van der Waals surface area contributed by atoms with E-state index in [1.165, 1.54) is 31.4 Å². The first kappa shape index (κ1) is 17.8. The monoisotopic (exact) mass is 339 g/mol. The summed E-state index contributed by atoms with van der Waals surface area (Å²) in [4.78, 5) is 12.2. The van der Waals surface area contributed by atoms with Crippen molar-refractivity contribution in [2.45, 2.75) is 62.9 Å². The summed E-state index contributed by atoms with van der Waals surface area (Å²) in [6.45, 7) is 1.61. The number of amides is 1. The Labute approximate surface area is 138 Å². The normalized spacial score (nSPS) is 17.1. The summed E-state index contributed by atoms with van der Waals surface area (Å²) < 4.78 is 29.0. The molecule has 1 aromatic carbocycles. The van der Waals surface area contributed by atoms with Crippen LogP contribution in [0.5, 0.6) is 0 Å². The molecule has 1 aliphatic rings. The van der Waals surface area contributed by atoms with E-state index in [2.05, 4.69) is 5.32 Å². The van der Waals surface area contributed by atoms with Crippen molar-refractivity contribution in [1.82, 2.24) is 0 Å². The number of hydrogen-bond acceptors (Lipinski definition) is 4. The highest BCUT2D eigenvalue weighted by molar-refractivity contribution is 7.91. The molecule has 0 spiro atoms. The molecule has 2 rings (SSSR count). The van der Waals surface area contributed by atoms with Crippen molar-refractivity contribution in [2.75, 3.05) is 11.1 Å². The summed E-state index contributed by atoms with van der Waals surface area (Å²) >= 11 is 0. The van der Waals surface area contributed by atoms with Gasteiger partial charge in [-0.3, -0.25) is 5.32 Å². The molecule has 0 aromatic heterocycles. The molecule has 128 valence electrons. The van der Waals surface area contributed by atoms with Gasteiger partial charge in [-0.25, -0.2) is 13.2 Å². The second-order valence-corrected chi connectivity index (χ2v) is 8.20. The van der Waals surface area contributed by atoms with Crippen molar-refractivity contribution in [3.05, 3.63) is 24.3 Å². The second kappa shape index (κ2) is 8.34. The fourth-order valence-corrected chi connectivity index (χ4v) is 3.63. The third-order valence-corrected chi connectivity index (χ3v) is 5.92. The van der Waals surface area contributed by atoms with Gasteiger partial charge in [-0.1, -0.05) is 26.2 Å². The van der Waals surface area contributed by atoms with Crippen molar-refractivity contribution >= 4 is 21.6 Å². The highest BCUT2D eigenvalue weighted by Gasteiger charge is 2.16. The molecule has 0 atom stereocenters. The van der Waals surface area contributed by atoms with Crippen molar-refractivity contribution in [2.24, 2.45) is 0 Å². The van der Waals surface area contributed by atoms with Crippen LogP contribution in [-0.2, 0) is 14.6 Å². The highest BCUT2D eigenvalue weighted by atomic mass is 32.2. The van der Waals surface area contributed by atoms with Gasteiger partial charge in [-0.05, 0) is 49.9 Å². The Kier molecular flexibility index (Phi) is 6.45. The van der Waals surface area contributed by atoms with Crippen molar-refractivity contribution < 1.29 is 17.9 Å². The van der Waals surface area contributed by atoms with Crippen molar-refractivity contribution in [3.8, 4) is 0 Å². The standard InChI is InChI=1S/C17H25NO4S/c1-2-23(20,21)16-12-10-14(11-13-16)18-17(19)22-15-8-6-4-3-5-7-9-15/h10-13,15H,2-9H2,1H3,(H,18,19). The minimum Gasteiger partial charge on any atom is -0.446 e. The van der Waals surface area contributed by atoms with Crippen LogP contribution in [0, 0.1) is 0 Å². The molecule has 0 bridgehead atoms. The van der Waals surface area contributed by atoms with Crippen LogP contribution in [0.2, 0.25) is 0 Å². The Morgan fingerprint density at radius 2 is 1.65 bits per heavy atom. The first-order chi connectivity index (χ1) is 11.0. The number of benzene rings is 1. The molecule has 0 saturated heterocycles. The highest BCUT2D eigenvalue weighted by Crippen LogP contribution is 2.20. The van der Waals surface area contributed by atoms with Crippen LogP contribution in [0.4, 0.5) is 10.5 Å². The number of anilines is 1. The number of ether oxygens (including phenoxy) is 1. The van der Waals surface area contributed by atoms with E-state index >= 15 is 0 Å². The van der Waals surface area contributed by atoms with Gasteiger partial charge < -0.3 is 4.74 Å². The van der Waals surface area contributed by atoms with E-state index in [4.69, 9.17) is 4.74 Å². The van der Waals surface area contributed by atoms with Gasteiger partial charge in [-0.15, -0.1) is 0 Å². The van der Waals surface area contributed by atoms with E-state index in [9.17, 15) is 13.2 Å². The molecule has 1 aromatic rings. The lowest BCUT2D eigenvalue weighted by Gasteiger charge is -2.20. The van der Waals surface area contributed by atoms with Gasteiger partial charge in [-0.2, -0.15) is 0 Å². The average Bonchev–Trinajstić information content (AvgIpc) is 2.50. The van der Waals surface area contributed by atoms with Crippen molar-refractivity contribution in [3.63, 3.8) is 0 Å². The summed E-state index contributed by atoms with van der Waals surface area (Å²) in [6.07, 6.45) is 7.22. The zero-order valence-electron chi connectivity index (χ0n) is 13.6. The van der Waals surface area contributed by atoms with E-state index in [0.717, 1.165) is 25.7 Å². The molecule has 1 aliphatic carbocycles. The van der Waals surface area contributed by atoms with Gasteiger partial charge in [0.05, 0.1) is 10.6 Å². The predicted molar refractivity (Wildman–Crippen MR) is 90.4 cm³/mol. The average molecular weight is 339 g/mol. The second-order valence-electron chi connectivity index (χ2n) is 5.93. The molecular weight excluding hydrogens is 314 g/mol. The summed E-state index contributed by atoms with van der Waals surface area (Å²) in [7, 11) is -3.22. The number of rotatable bonds is 4. The maximum absolute atomic E-state index is 12.0. The SMILES string of the molecule is CCS(=O)(=O)c1ccc(NC(=O)OC2CCCCCCC2)cc1. The van der Waals surface area contributed by atoms with Gasteiger partial charge in [0.15, 0.2) is 9.84 Å². The first-order valence-electron chi connectivity index (χ1n) is 8.32. The maximum Gasteiger partial charge on any atom is 0.411 e. The largest absolute Gasteiger partial charge is 0.446 e. The van der Waals surface area contributed by atoms with Gasteiger partial charge in [0.1, 0.15) is 6.10 Å². The van der Waals surface area contributed by atoms with Crippen LogP contribution in [0.15, 0.2) is 29.2 Å². The Morgan fingerprint density at radius 1 is 1.09 bits per heavy atom. The van der Waals surface area contributed by atoms with Crippen LogP contribution in [0.3, 0.4) is 0 Å². The van der Waals surface area contributed by atoms with Crippen LogP contribution in [0.25, 0.3) is 0 Å². The van der Waals surface area contributed by atoms with Crippen LogP contribution >= 0.6 is 0 Å². The maximum atomic E-state index is 12.0. The summed E-state index contributed by atoms with van der Waals surface area (Å²) in [5.74, 6) is 0.0590. The molecule has 6 heteroatoms. The van der Waals surface area contributed by atoms with E-state index in [-0.39, 0.29) is 16.8 Å². The van der Waals surface area contributed by atoms with Gasteiger partial charge >= 0.3 is 6.09 Å². The first-order valence-corrected chi connectivity index (χ1v) is 9.97. The summed E-state index contributed by atoms with van der Waals surface area (Å²) in [5, 5.41) is 2.67. The molecule has 1 fully saturated rings. The van der Waals surface area contributed by atoms with Crippen LogP contribution in [-0.4, -0.2) is 26.4 Å². The Morgan fingerprint density at radius 3 is 2.22 bits per heavy atom. The van der Waals surface area contributed by atoms with E-state index in [1.807, 2.05) is 0 Å². The molecule has 1 N–H and O–H groups in total. The fraction of sp³-hybridized carbons (Fsp3) is 0.588. The Balaban J connectivity index is 1.89. The molecule has 23 heavy (non-hydrogen) atoms. The zero-order valence-corrected chi connectivity index (χ0v) is 14.4. The topological polar surface area (TPSA) is 72.5 Å². The lowest BCUT2D eigenvalue weighted by atomic mass is 9.99. The van der Waals surface area contributed by atoms with Gasteiger partial charge in [0.25, 0.3) is 0 Å². The lowest BCUT2D eigenvalue weighted by molar-refractivity contribution is 0.0933. The molecule has 0 unspecified atom stereocenters. The van der Waals surface area contributed by atoms with Crippen LogP contribution < -0.4 is 5.32 Å². The number of sulfone groups is 1. The zero-order chi connectivity index (χ0) is 16.7. The molecule has 1 amide bonds.